The van der Waals surface area contributed by atoms with E-state index in [1.54, 1.807) is 29.8 Å². The predicted molar refractivity (Wildman–Crippen MR) is 69.6 cm³/mol. The van der Waals surface area contributed by atoms with Crippen LogP contribution in [0.25, 0.3) is 0 Å². The number of nitrogens with zero attached hydrogens (tertiary/aromatic N) is 1. The zero-order valence-electron chi connectivity index (χ0n) is 10.1. The minimum absolute atomic E-state index is 0.0222. The maximum absolute atomic E-state index is 11.9. The number of carbonyl (C=O) groups excluding carboxylic acids is 1. The van der Waals surface area contributed by atoms with E-state index in [1.807, 2.05) is 6.26 Å². The van der Waals surface area contributed by atoms with Crippen LogP contribution >= 0.6 is 11.8 Å². The topological polar surface area (TPSA) is 55.6 Å². The molecule has 0 aromatic heterocycles. The van der Waals surface area contributed by atoms with Crippen LogP contribution in [0.15, 0.2) is 12.7 Å². The summed E-state index contributed by atoms with van der Waals surface area (Å²) in [6.45, 7) is 5.24. The molecule has 2 N–H and O–H groups in total. The third-order valence-electron chi connectivity index (χ3n) is 2.18. The van der Waals surface area contributed by atoms with Crippen molar-refractivity contribution in [3.63, 3.8) is 0 Å². The van der Waals surface area contributed by atoms with Crippen LogP contribution in [0.2, 0.25) is 0 Å². The molecule has 0 aliphatic rings. The van der Waals surface area contributed by atoms with Gasteiger partial charge in [0.05, 0.1) is 12.6 Å². The van der Waals surface area contributed by atoms with Gasteiger partial charge in [0.15, 0.2) is 0 Å². The van der Waals surface area contributed by atoms with Crippen molar-refractivity contribution < 1.29 is 9.53 Å². The molecule has 1 amide bonds. The zero-order chi connectivity index (χ0) is 12.4. The van der Waals surface area contributed by atoms with Crippen molar-refractivity contribution in [2.24, 2.45) is 5.73 Å². The van der Waals surface area contributed by atoms with Crippen molar-refractivity contribution in [3.05, 3.63) is 12.7 Å². The van der Waals surface area contributed by atoms with Crippen LogP contribution in [0, 0.1) is 0 Å². The molecule has 0 aliphatic carbocycles. The molecule has 0 spiro atoms. The van der Waals surface area contributed by atoms with Crippen molar-refractivity contribution in [2.75, 3.05) is 38.8 Å². The summed E-state index contributed by atoms with van der Waals surface area (Å²) in [5, 5.41) is 0. The van der Waals surface area contributed by atoms with Gasteiger partial charge in [0.2, 0.25) is 5.91 Å². The van der Waals surface area contributed by atoms with Crippen LogP contribution < -0.4 is 5.73 Å². The first kappa shape index (κ1) is 15.5. The fraction of sp³-hybridized carbons (Fsp3) is 0.727. The van der Waals surface area contributed by atoms with E-state index in [4.69, 9.17) is 10.5 Å². The largest absolute Gasteiger partial charge is 0.383 e. The summed E-state index contributed by atoms with van der Waals surface area (Å²) >= 11 is 1.69. The van der Waals surface area contributed by atoms with E-state index in [0.29, 0.717) is 26.1 Å². The monoisotopic (exact) mass is 246 g/mol. The molecule has 0 fully saturated rings. The molecule has 4 nitrogen and oxygen atoms in total. The van der Waals surface area contributed by atoms with E-state index in [1.165, 1.54) is 0 Å². The first-order valence-electron chi connectivity index (χ1n) is 5.30. The molecule has 0 saturated heterocycles. The number of amides is 1. The Kier molecular flexibility index (Phi) is 9.37. The summed E-state index contributed by atoms with van der Waals surface area (Å²) in [5.74, 6) is 0.880. The third kappa shape index (κ3) is 6.15. The van der Waals surface area contributed by atoms with Crippen LogP contribution in [0.4, 0.5) is 0 Å². The fourth-order valence-electron chi connectivity index (χ4n) is 1.25. The van der Waals surface area contributed by atoms with Crippen molar-refractivity contribution in [1.29, 1.82) is 0 Å². The Morgan fingerprint density at radius 3 is 2.88 bits per heavy atom. The average Bonchev–Trinajstić information content (AvgIpc) is 2.30. The first-order chi connectivity index (χ1) is 7.67. The minimum atomic E-state index is -0.413. The van der Waals surface area contributed by atoms with Gasteiger partial charge in [-0.05, 0) is 18.4 Å². The van der Waals surface area contributed by atoms with Crippen molar-refractivity contribution in [3.8, 4) is 0 Å². The number of rotatable bonds is 9. The molecule has 0 aromatic rings. The molecule has 0 unspecified atom stereocenters. The minimum Gasteiger partial charge on any atom is -0.383 e. The highest BCUT2D eigenvalue weighted by Crippen LogP contribution is 2.02. The third-order valence-corrected chi connectivity index (χ3v) is 2.82. The maximum atomic E-state index is 11.9. The second kappa shape index (κ2) is 9.69. The van der Waals surface area contributed by atoms with E-state index in [-0.39, 0.29) is 5.91 Å². The molecule has 0 aromatic carbocycles. The van der Waals surface area contributed by atoms with Gasteiger partial charge in [0.25, 0.3) is 0 Å². The summed E-state index contributed by atoms with van der Waals surface area (Å²) in [7, 11) is 1.62. The molecule has 0 heterocycles. The normalized spacial score (nSPS) is 12.2. The Bertz CT molecular complexity index is 212. The first-order valence-corrected chi connectivity index (χ1v) is 6.69. The molecular weight excluding hydrogens is 224 g/mol. The summed E-state index contributed by atoms with van der Waals surface area (Å²) in [4.78, 5) is 13.6. The van der Waals surface area contributed by atoms with Gasteiger partial charge in [-0.15, -0.1) is 6.58 Å². The van der Waals surface area contributed by atoms with Crippen LogP contribution in [0.1, 0.15) is 6.42 Å². The predicted octanol–water partition coefficient (Wildman–Crippen LogP) is 0.728. The van der Waals surface area contributed by atoms with Gasteiger partial charge >= 0.3 is 0 Å². The van der Waals surface area contributed by atoms with Crippen LogP contribution in [0.3, 0.4) is 0 Å². The molecule has 0 aliphatic heterocycles. The Morgan fingerprint density at radius 2 is 2.38 bits per heavy atom. The molecule has 0 rings (SSSR count). The van der Waals surface area contributed by atoms with Crippen molar-refractivity contribution >= 4 is 17.7 Å². The Morgan fingerprint density at radius 1 is 1.69 bits per heavy atom. The molecule has 0 saturated carbocycles. The van der Waals surface area contributed by atoms with Gasteiger partial charge in [-0.1, -0.05) is 6.08 Å². The standard InChI is InChI=1S/C11H22N2O2S/c1-4-6-13(7-8-15-2)11(14)10(12)5-9-16-3/h4,10H,1,5-9,12H2,2-3H3/t10-/m1/s1. The van der Waals surface area contributed by atoms with Crippen LogP contribution in [-0.2, 0) is 9.53 Å². The number of carbonyl (C=O) groups is 1. The summed E-state index contributed by atoms with van der Waals surface area (Å²) in [6, 6.07) is -0.413. The smallest absolute Gasteiger partial charge is 0.239 e. The average molecular weight is 246 g/mol. The van der Waals surface area contributed by atoms with Crippen molar-refractivity contribution in [1.82, 2.24) is 4.90 Å². The van der Waals surface area contributed by atoms with E-state index in [0.717, 1.165) is 5.75 Å². The second-order valence-electron chi connectivity index (χ2n) is 3.45. The highest BCUT2D eigenvalue weighted by molar-refractivity contribution is 7.98. The molecule has 0 radical (unpaired) electrons. The lowest BCUT2D eigenvalue weighted by atomic mass is 10.2. The fourth-order valence-corrected chi connectivity index (χ4v) is 1.74. The highest BCUT2D eigenvalue weighted by atomic mass is 32.2. The lowest BCUT2D eigenvalue weighted by Gasteiger charge is -2.24. The molecule has 16 heavy (non-hydrogen) atoms. The number of nitrogens with two attached hydrogens (primary N) is 1. The van der Waals surface area contributed by atoms with E-state index in [9.17, 15) is 4.79 Å². The molecular formula is C11H22N2O2S. The summed E-state index contributed by atoms with van der Waals surface area (Å²) in [5.41, 5.74) is 5.83. The molecule has 1 atom stereocenters. The van der Waals surface area contributed by atoms with Gasteiger partial charge in [0, 0.05) is 20.2 Å². The van der Waals surface area contributed by atoms with Gasteiger partial charge in [-0.2, -0.15) is 11.8 Å². The number of hydrogen-bond acceptors (Lipinski definition) is 4. The number of ether oxygens (including phenoxy) is 1. The molecule has 94 valence electrons. The van der Waals surface area contributed by atoms with Gasteiger partial charge in [0.1, 0.15) is 0 Å². The number of methoxy groups -OCH3 is 1. The van der Waals surface area contributed by atoms with E-state index < -0.39 is 6.04 Å². The van der Waals surface area contributed by atoms with E-state index in [2.05, 4.69) is 6.58 Å². The second-order valence-corrected chi connectivity index (χ2v) is 4.44. The number of hydrogen-bond donors (Lipinski definition) is 1. The summed E-state index contributed by atoms with van der Waals surface area (Å²) in [6.07, 6.45) is 4.42. The number of thioether (sulfide) groups is 1. The maximum Gasteiger partial charge on any atom is 0.239 e. The van der Waals surface area contributed by atoms with E-state index >= 15 is 0 Å². The molecule has 5 heteroatoms. The molecule has 0 bridgehead atoms. The Hall–Kier alpha value is -0.520. The quantitative estimate of drug-likeness (QED) is 0.609. The van der Waals surface area contributed by atoms with Gasteiger partial charge in [-0.25, -0.2) is 0 Å². The highest BCUT2D eigenvalue weighted by Gasteiger charge is 2.19. The SMILES string of the molecule is C=CCN(CCOC)C(=O)[C@H](N)CCSC. The lowest BCUT2D eigenvalue weighted by Crippen LogP contribution is -2.45. The zero-order valence-corrected chi connectivity index (χ0v) is 11.0. The van der Waals surface area contributed by atoms with Gasteiger partial charge < -0.3 is 15.4 Å². The van der Waals surface area contributed by atoms with Crippen LogP contribution in [-0.4, -0.2) is 55.7 Å². The Balaban J connectivity index is 4.17. The lowest BCUT2D eigenvalue weighted by molar-refractivity contribution is -0.132. The van der Waals surface area contributed by atoms with Crippen LogP contribution in [0.5, 0.6) is 0 Å². The summed E-state index contributed by atoms with van der Waals surface area (Å²) < 4.78 is 4.96. The van der Waals surface area contributed by atoms with Crippen molar-refractivity contribution in [2.45, 2.75) is 12.5 Å². The Labute approximate surface area is 102 Å². The van der Waals surface area contributed by atoms with Gasteiger partial charge in [-0.3, -0.25) is 4.79 Å².